The number of rotatable bonds is 9. The maximum Gasteiger partial charge on any atom is 0.214 e. The molecule has 15 heteroatoms. The minimum absolute atomic E-state index is 0.0399. The molecule has 0 spiro atoms. The smallest absolute Gasteiger partial charge is 0.214 e. The predicted octanol–water partition coefficient (Wildman–Crippen LogP) is 11.8. The van der Waals surface area contributed by atoms with E-state index in [1.54, 1.807) is 24.5 Å². The van der Waals surface area contributed by atoms with Crippen LogP contribution in [0.3, 0.4) is 0 Å². The molecule has 2 aromatic carbocycles. The normalized spacial score (nSPS) is 18.2. The van der Waals surface area contributed by atoms with Crippen LogP contribution in [-0.4, -0.2) is 77.1 Å². The van der Waals surface area contributed by atoms with Gasteiger partial charge in [-0.3, -0.25) is 4.98 Å². The van der Waals surface area contributed by atoms with Crippen LogP contribution in [-0.2, 0) is 0 Å². The summed E-state index contributed by atoms with van der Waals surface area (Å²) in [5, 5.41) is 14.6. The molecule has 0 bridgehead atoms. The number of benzene rings is 2. The van der Waals surface area contributed by atoms with Crippen molar-refractivity contribution in [3.8, 4) is 22.8 Å². The van der Waals surface area contributed by atoms with Gasteiger partial charge in [0.1, 0.15) is 23.1 Å². The number of hydrogen-bond donors (Lipinski definition) is 4. The van der Waals surface area contributed by atoms with Crippen molar-refractivity contribution in [3.05, 3.63) is 120 Å². The quantitative estimate of drug-likeness (QED) is 0.102. The molecule has 13 nitrogen and oxygen atoms in total. The molecule has 13 rings (SSSR count). The zero-order valence-corrected chi connectivity index (χ0v) is 39.4. The molecule has 0 amide bonds. The first-order valence-electron chi connectivity index (χ1n) is 24.8. The van der Waals surface area contributed by atoms with Gasteiger partial charge < -0.3 is 25.8 Å². The van der Waals surface area contributed by atoms with E-state index in [0.717, 1.165) is 114 Å². The van der Waals surface area contributed by atoms with E-state index in [-0.39, 0.29) is 17.3 Å². The van der Waals surface area contributed by atoms with E-state index in [0.29, 0.717) is 29.0 Å². The molecule has 2 aliphatic heterocycles. The first-order chi connectivity index (χ1) is 34.2. The minimum atomic E-state index is -0.784. The fourth-order valence-corrected chi connectivity index (χ4v) is 10.6. The minimum Gasteiger partial charge on any atom is -0.366 e. The van der Waals surface area contributed by atoms with Crippen molar-refractivity contribution >= 4 is 67.0 Å². The number of nitrogens with zero attached hydrogens (tertiary/aromatic N) is 9. The summed E-state index contributed by atoms with van der Waals surface area (Å²) in [6.07, 6.45) is 18.1. The standard InChI is InChI=1S/C28H27N5.C27H28F2N8/c1-4-16-33(17-5-1)28-25-19(18-8-6-9-18)11-7-13-23(25)31-26(32-28)21-14-15-29-27-24(21)20-10-2-3-12-22(20)30-27;1-27(2)14-30-9-8-20(27)34-26-23-17(15-3-4-15)12-31-13-19(23)33-24(37-26)16-7-10-32-22(11-16)36-25-18(28)5-6-21(29)35-25/h2-3,7,10-15,18H,1,4-6,8-9,16-17H2,(H,29,30);5-7,10-13,15,20,30H,3-4,8-9,14H2,1-2H3,(H,32,35,36)(H,33,34,37)/t;20-/m.0/s1. The molecule has 4 fully saturated rings. The van der Waals surface area contributed by atoms with Crippen LogP contribution in [0.1, 0.15) is 94.6 Å². The topological polar surface area (TPSA) is 158 Å². The van der Waals surface area contributed by atoms with E-state index in [1.807, 2.05) is 12.4 Å². The van der Waals surface area contributed by atoms with Crippen molar-refractivity contribution < 1.29 is 8.78 Å². The van der Waals surface area contributed by atoms with Crippen molar-refractivity contribution in [2.24, 2.45) is 5.41 Å². The van der Waals surface area contributed by atoms with Crippen molar-refractivity contribution in [1.29, 1.82) is 0 Å². The zero-order valence-electron chi connectivity index (χ0n) is 39.4. The Morgan fingerprint density at radius 1 is 0.686 bits per heavy atom. The number of pyridine rings is 4. The highest BCUT2D eigenvalue weighted by atomic mass is 19.1. The predicted molar refractivity (Wildman–Crippen MR) is 273 cm³/mol. The molecular formula is C55H55F2N13. The summed E-state index contributed by atoms with van der Waals surface area (Å²) >= 11 is 0. The Kier molecular flexibility index (Phi) is 11.5. The molecular weight excluding hydrogens is 881 g/mol. The van der Waals surface area contributed by atoms with E-state index >= 15 is 0 Å². The number of halogens is 2. The molecule has 7 aromatic heterocycles. The van der Waals surface area contributed by atoms with Gasteiger partial charge in [-0.15, -0.1) is 0 Å². The summed E-state index contributed by atoms with van der Waals surface area (Å²) in [6, 6.07) is 22.8. The van der Waals surface area contributed by atoms with Crippen LogP contribution in [0.4, 0.5) is 32.1 Å². The Bertz CT molecular complexity index is 3420. The number of hydrogen-bond acceptors (Lipinski definition) is 12. The van der Waals surface area contributed by atoms with E-state index in [9.17, 15) is 8.78 Å². The number of aromatic nitrogens is 9. The number of nitrogens with one attached hydrogen (secondary N) is 4. The summed E-state index contributed by atoms with van der Waals surface area (Å²) in [7, 11) is 0. The largest absolute Gasteiger partial charge is 0.366 e. The zero-order chi connectivity index (χ0) is 47.3. The average molecular weight is 936 g/mol. The fourth-order valence-electron chi connectivity index (χ4n) is 10.6. The van der Waals surface area contributed by atoms with Gasteiger partial charge in [0.15, 0.2) is 23.3 Å². The number of H-pyrrole nitrogens is 1. The SMILES string of the molecule is CC1(C)CNCC[C@@H]1Nc1nc(-c2ccnc(Nc3nc(F)ccc3F)c2)nc2cncc(C3CC3)c12.c1cc(C2CCC2)c2c(N3CCCCC3)nc(-c3ccnc4[nH]c5ccccc5c34)nc2c1. The Hall–Kier alpha value is -7.26. The third-order valence-corrected chi connectivity index (χ3v) is 14.8. The second-order valence-electron chi connectivity index (χ2n) is 20.0. The van der Waals surface area contributed by atoms with Crippen LogP contribution in [0.25, 0.3) is 66.5 Å². The van der Waals surface area contributed by atoms with Crippen LogP contribution in [0.5, 0.6) is 0 Å². The molecule has 70 heavy (non-hydrogen) atoms. The maximum absolute atomic E-state index is 14.1. The fraction of sp³-hybridized carbons (Fsp3) is 0.345. The highest BCUT2D eigenvalue weighted by Crippen LogP contribution is 2.46. The van der Waals surface area contributed by atoms with Gasteiger partial charge in [0, 0.05) is 82.5 Å². The molecule has 4 N–H and O–H groups in total. The van der Waals surface area contributed by atoms with Crippen LogP contribution in [0.15, 0.2) is 97.6 Å². The molecule has 4 aliphatic rings. The average Bonchev–Trinajstić information content (AvgIpc) is 4.14. The first kappa shape index (κ1) is 44.0. The number of fused-ring (bicyclic) bond motifs is 5. The summed E-state index contributed by atoms with van der Waals surface area (Å²) in [5.41, 5.74) is 8.21. The van der Waals surface area contributed by atoms with Gasteiger partial charge in [-0.1, -0.05) is 50.6 Å². The number of anilines is 4. The van der Waals surface area contributed by atoms with E-state index < -0.39 is 11.8 Å². The lowest BCUT2D eigenvalue weighted by molar-refractivity contribution is 0.236. The molecule has 0 radical (unpaired) electrons. The molecule has 1 atom stereocenters. The van der Waals surface area contributed by atoms with E-state index in [1.165, 1.54) is 60.4 Å². The van der Waals surface area contributed by atoms with Crippen LogP contribution < -0.4 is 20.9 Å². The number of aromatic amines is 1. The van der Waals surface area contributed by atoms with Crippen molar-refractivity contribution in [3.63, 3.8) is 0 Å². The second kappa shape index (κ2) is 18.2. The van der Waals surface area contributed by atoms with Gasteiger partial charge in [0.25, 0.3) is 0 Å². The molecule has 2 aliphatic carbocycles. The van der Waals surface area contributed by atoms with Crippen LogP contribution in [0.2, 0.25) is 0 Å². The van der Waals surface area contributed by atoms with Gasteiger partial charge in [-0.25, -0.2) is 34.3 Å². The molecule has 354 valence electrons. The van der Waals surface area contributed by atoms with Crippen molar-refractivity contribution in [2.45, 2.75) is 89.5 Å². The van der Waals surface area contributed by atoms with E-state index in [4.69, 9.17) is 19.9 Å². The molecule has 0 unspecified atom stereocenters. The molecule has 2 saturated carbocycles. The van der Waals surface area contributed by atoms with Gasteiger partial charge >= 0.3 is 0 Å². The summed E-state index contributed by atoms with van der Waals surface area (Å²) in [4.78, 5) is 43.2. The van der Waals surface area contributed by atoms with Crippen LogP contribution >= 0.6 is 0 Å². The van der Waals surface area contributed by atoms with Gasteiger partial charge in [-0.05, 0) is 129 Å². The summed E-state index contributed by atoms with van der Waals surface area (Å²) in [5.74, 6) is 2.95. The Morgan fingerprint density at radius 2 is 1.51 bits per heavy atom. The summed E-state index contributed by atoms with van der Waals surface area (Å²) < 4.78 is 27.7. The Morgan fingerprint density at radius 3 is 2.34 bits per heavy atom. The Balaban J connectivity index is 0.000000145. The lowest BCUT2D eigenvalue weighted by Gasteiger charge is -2.40. The van der Waals surface area contributed by atoms with Crippen LogP contribution in [0, 0.1) is 17.2 Å². The third kappa shape index (κ3) is 8.50. The highest BCUT2D eigenvalue weighted by Gasteiger charge is 2.34. The number of piperidine rings is 2. The number of para-hydroxylation sites is 1. The molecule has 9 aromatic rings. The van der Waals surface area contributed by atoms with Crippen molar-refractivity contribution in [2.75, 3.05) is 41.7 Å². The van der Waals surface area contributed by atoms with Gasteiger partial charge in [0.2, 0.25) is 5.95 Å². The monoisotopic (exact) mass is 935 g/mol. The van der Waals surface area contributed by atoms with Gasteiger partial charge in [0.05, 0.1) is 17.2 Å². The lowest BCUT2D eigenvalue weighted by atomic mass is 9.78. The maximum atomic E-state index is 14.1. The van der Waals surface area contributed by atoms with Crippen molar-refractivity contribution in [1.82, 2.24) is 50.2 Å². The van der Waals surface area contributed by atoms with E-state index in [2.05, 4.69) is 108 Å². The molecule has 9 heterocycles. The summed E-state index contributed by atoms with van der Waals surface area (Å²) in [6.45, 7) is 8.52. The Labute approximate surface area is 404 Å². The van der Waals surface area contributed by atoms with Gasteiger partial charge in [-0.2, -0.15) is 9.37 Å². The highest BCUT2D eigenvalue weighted by molar-refractivity contribution is 6.12. The first-order valence-corrected chi connectivity index (χ1v) is 24.8. The molecule has 2 saturated heterocycles. The lowest BCUT2D eigenvalue weighted by Crippen LogP contribution is -2.49. The third-order valence-electron chi connectivity index (χ3n) is 14.8. The second-order valence-corrected chi connectivity index (χ2v) is 20.0.